The van der Waals surface area contributed by atoms with Gasteiger partial charge in [0.25, 0.3) is 0 Å². The molecule has 0 aromatic carbocycles. The van der Waals surface area contributed by atoms with Crippen LogP contribution in [0.3, 0.4) is 0 Å². The van der Waals surface area contributed by atoms with Crippen LogP contribution in [0.1, 0.15) is 25.4 Å². The topological polar surface area (TPSA) is 78.9 Å². The maximum absolute atomic E-state index is 10.7. The fourth-order valence-electron chi connectivity index (χ4n) is 0.836. The number of hydrogen-bond donors (Lipinski definition) is 1. The van der Waals surface area contributed by atoms with Crippen LogP contribution in [0.2, 0.25) is 0 Å². The van der Waals surface area contributed by atoms with Crippen LogP contribution in [0.25, 0.3) is 0 Å². The largest absolute Gasteiger partial charge is 0.423 e. The molecule has 0 spiro atoms. The summed E-state index contributed by atoms with van der Waals surface area (Å²) in [6, 6.07) is 1.84. The molecule has 1 amide bonds. The van der Waals surface area contributed by atoms with E-state index in [9.17, 15) is 4.79 Å². The van der Waals surface area contributed by atoms with Crippen molar-refractivity contribution < 1.29 is 9.21 Å². The molecule has 1 heterocycles. The third-order valence-corrected chi connectivity index (χ3v) is 1.37. The normalized spacial score (nSPS) is 9.31. The molecule has 1 aromatic heterocycles. The molecule has 0 fully saturated rings. The Morgan fingerprint density at radius 2 is 2.46 bits per heavy atom. The highest BCUT2D eigenvalue weighted by Crippen LogP contribution is 2.16. The Morgan fingerprint density at radius 1 is 1.77 bits per heavy atom. The second-order valence-electron chi connectivity index (χ2n) is 2.43. The molecule has 0 saturated heterocycles. The number of carbonyl (C=O) groups excluding carboxylic acids is 1. The Bertz CT molecular complexity index is 362. The van der Waals surface area contributed by atoms with E-state index in [0.717, 1.165) is 0 Å². The van der Waals surface area contributed by atoms with Crippen LogP contribution in [-0.2, 0) is 11.2 Å². The average molecular weight is 179 g/mol. The summed E-state index contributed by atoms with van der Waals surface area (Å²) in [4.78, 5) is 14.5. The van der Waals surface area contributed by atoms with Gasteiger partial charge in [0.2, 0.25) is 17.5 Å². The lowest BCUT2D eigenvalue weighted by Gasteiger charge is -1.93. The van der Waals surface area contributed by atoms with Crippen LogP contribution in [-0.4, -0.2) is 10.9 Å². The van der Waals surface area contributed by atoms with Gasteiger partial charge < -0.3 is 4.42 Å². The van der Waals surface area contributed by atoms with E-state index in [1.54, 1.807) is 0 Å². The molecular weight excluding hydrogens is 170 g/mol. The third-order valence-electron chi connectivity index (χ3n) is 1.37. The molecule has 0 aliphatic rings. The van der Waals surface area contributed by atoms with Gasteiger partial charge in [-0.15, -0.1) is 0 Å². The quantitative estimate of drug-likeness (QED) is 0.736. The summed E-state index contributed by atoms with van der Waals surface area (Å²) >= 11 is 0. The van der Waals surface area contributed by atoms with Crippen molar-refractivity contribution in [3.63, 3.8) is 0 Å². The molecule has 68 valence electrons. The summed E-state index contributed by atoms with van der Waals surface area (Å²) in [5.41, 5.74) is 0.118. The summed E-state index contributed by atoms with van der Waals surface area (Å²) in [6.45, 7) is 3.19. The molecule has 0 radical (unpaired) electrons. The highest BCUT2D eigenvalue weighted by Gasteiger charge is 2.12. The minimum Gasteiger partial charge on any atom is -0.423 e. The van der Waals surface area contributed by atoms with Crippen molar-refractivity contribution >= 4 is 11.8 Å². The van der Waals surface area contributed by atoms with Crippen molar-refractivity contribution in [3.8, 4) is 6.07 Å². The highest BCUT2D eigenvalue weighted by molar-refractivity contribution is 5.88. The zero-order valence-electron chi connectivity index (χ0n) is 7.42. The van der Waals surface area contributed by atoms with Crippen molar-refractivity contribution in [2.45, 2.75) is 20.3 Å². The Hall–Kier alpha value is -1.83. The lowest BCUT2D eigenvalue weighted by molar-refractivity contribution is -0.114. The molecule has 0 unspecified atom stereocenters. The predicted octanol–water partition coefficient (Wildman–Crippen LogP) is 1.07. The van der Waals surface area contributed by atoms with E-state index in [1.807, 2.05) is 13.0 Å². The fourth-order valence-corrected chi connectivity index (χ4v) is 0.836. The number of amides is 1. The van der Waals surface area contributed by atoms with Crippen LogP contribution in [0, 0.1) is 11.3 Å². The number of anilines is 1. The first-order chi connectivity index (χ1) is 6.17. The lowest BCUT2D eigenvalue weighted by Crippen LogP contribution is -2.05. The van der Waals surface area contributed by atoms with Gasteiger partial charge in [-0.1, -0.05) is 6.92 Å². The van der Waals surface area contributed by atoms with Gasteiger partial charge in [0.05, 0.1) is 0 Å². The van der Waals surface area contributed by atoms with Crippen LogP contribution < -0.4 is 5.32 Å². The summed E-state index contributed by atoms with van der Waals surface area (Å²) in [5, 5.41) is 11.0. The van der Waals surface area contributed by atoms with E-state index in [2.05, 4.69) is 10.3 Å². The minimum atomic E-state index is -0.282. The van der Waals surface area contributed by atoms with Crippen molar-refractivity contribution in [2.24, 2.45) is 0 Å². The van der Waals surface area contributed by atoms with E-state index in [1.165, 1.54) is 6.92 Å². The predicted molar refractivity (Wildman–Crippen MR) is 44.9 cm³/mol. The van der Waals surface area contributed by atoms with Crippen LogP contribution in [0.4, 0.5) is 5.88 Å². The molecular formula is C8H9N3O2. The zero-order chi connectivity index (χ0) is 9.84. The third kappa shape index (κ3) is 2.06. The van der Waals surface area contributed by atoms with E-state index in [-0.39, 0.29) is 17.5 Å². The number of nitrogens with zero attached hydrogens (tertiary/aromatic N) is 2. The lowest BCUT2D eigenvalue weighted by atomic mass is 10.4. The second-order valence-corrected chi connectivity index (χ2v) is 2.43. The van der Waals surface area contributed by atoms with Crippen LogP contribution >= 0.6 is 0 Å². The summed E-state index contributed by atoms with van der Waals surface area (Å²) in [6.07, 6.45) is 0.592. The molecule has 1 aromatic rings. The monoisotopic (exact) mass is 179 g/mol. The van der Waals surface area contributed by atoms with E-state index in [0.29, 0.717) is 12.3 Å². The number of oxazole rings is 1. The number of aryl methyl sites for hydroxylation is 1. The number of carbonyl (C=O) groups is 1. The minimum absolute atomic E-state index is 0.118. The van der Waals surface area contributed by atoms with Gasteiger partial charge in [0, 0.05) is 13.3 Å². The Labute approximate surface area is 75.4 Å². The van der Waals surface area contributed by atoms with E-state index < -0.39 is 0 Å². The van der Waals surface area contributed by atoms with Crippen molar-refractivity contribution in [3.05, 3.63) is 11.6 Å². The molecule has 1 N–H and O–H groups in total. The van der Waals surface area contributed by atoms with Gasteiger partial charge in [-0.25, -0.2) is 4.98 Å². The number of hydrogen-bond acceptors (Lipinski definition) is 4. The van der Waals surface area contributed by atoms with Crippen molar-refractivity contribution in [1.82, 2.24) is 4.98 Å². The molecule has 0 saturated carbocycles. The molecule has 0 bridgehead atoms. The van der Waals surface area contributed by atoms with Crippen molar-refractivity contribution in [2.75, 3.05) is 5.32 Å². The maximum Gasteiger partial charge on any atom is 0.238 e. The van der Waals surface area contributed by atoms with E-state index >= 15 is 0 Å². The van der Waals surface area contributed by atoms with Crippen LogP contribution in [0.5, 0.6) is 0 Å². The molecule has 1 rings (SSSR count). The molecule has 0 atom stereocenters. The second kappa shape index (κ2) is 3.72. The number of nitrogens with one attached hydrogen (secondary N) is 1. The fraction of sp³-hybridized carbons (Fsp3) is 0.375. The Kier molecular flexibility index (Phi) is 2.65. The summed E-state index contributed by atoms with van der Waals surface area (Å²) < 4.78 is 5.10. The van der Waals surface area contributed by atoms with E-state index in [4.69, 9.17) is 9.68 Å². The standard InChI is InChI=1S/C8H9N3O2/c1-3-7-11-6(4-9)8(13-7)10-5(2)12/h3H2,1-2H3,(H,10,12). The van der Waals surface area contributed by atoms with Gasteiger partial charge >= 0.3 is 0 Å². The number of rotatable bonds is 2. The first-order valence-electron chi connectivity index (χ1n) is 3.84. The van der Waals surface area contributed by atoms with Gasteiger partial charge in [-0.05, 0) is 0 Å². The van der Waals surface area contributed by atoms with Crippen LogP contribution in [0.15, 0.2) is 4.42 Å². The Balaban J connectivity index is 2.98. The molecule has 5 nitrogen and oxygen atoms in total. The SMILES string of the molecule is CCc1nc(C#N)c(NC(C)=O)o1. The molecule has 0 aliphatic heterocycles. The highest BCUT2D eigenvalue weighted by atomic mass is 16.4. The number of aromatic nitrogens is 1. The Morgan fingerprint density at radius 3 is 2.92 bits per heavy atom. The maximum atomic E-state index is 10.7. The van der Waals surface area contributed by atoms with Gasteiger partial charge in [0.1, 0.15) is 6.07 Å². The average Bonchev–Trinajstić information content (AvgIpc) is 2.46. The first kappa shape index (κ1) is 9.26. The number of nitriles is 1. The van der Waals surface area contributed by atoms with Gasteiger partial charge in [-0.2, -0.15) is 5.26 Å². The summed E-state index contributed by atoms with van der Waals surface area (Å²) in [5.74, 6) is 0.294. The first-order valence-corrected chi connectivity index (χ1v) is 3.84. The van der Waals surface area contributed by atoms with Gasteiger partial charge in [0.15, 0.2) is 5.89 Å². The molecule has 13 heavy (non-hydrogen) atoms. The summed E-state index contributed by atoms with van der Waals surface area (Å²) in [7, 11) is 0. The van der Waals surface area contributed by atoms with Gasteiger partial charge in [-0.3, -0.25) is 10.1 Å². The zero-order valence-corrected chi connectivity index (χ0v) is 7.42. The smallest absolute Gasteiger partial charge is 0.238 e. The van der Waals surface area contributed by atoms with Crippen molar-refractivity contribution in [1.29, 1.82) is 5.26 Å². The molecule has 5 heteroatoms. The molecule has 0 aliphatic carbocycles.